The summed E-state index contributed by atoms with van der Waals surface area (Å²) in [5.41, 5.74) is -0.226. The molecule has 0 saturated heterocycles. The topological polar surface area (TPSA) is 138 Å². The van der Waals surface area contributed by atoms with Crippen molar-refractivity contribution in [1.82, 2.24) is 34.8 Å². The second-order valence-electron chi connectivity index (χ2n) is 6.40. The lowest BCUT2D eigenvalue weighted by molar-refractivity contribution is 0.0907. The largest absolute Gasteiger partial charge is 0.352 e. The number of nitrogens with zero attached hydrogens (tertiary/aromatic N) is 6. The van der Waals surface area contributed by atoms with Crippen LogP contribution in [0, 0.1) is 0 Å². The number of rotatable bonds is 6. The molecule has 0 saturated carbocycles. The molecule has 3 heterocycles. The first-order valence-electron chi connectivity index (χ1n) is 9.39. The van der Waals surface area contributed by atoms with Crippen molar-refractivity contribution in [3.05, 3.63) is 87.2 Å². The summed E-state index contributed by atoms with van der Waals surface area (Å²) in [6.07, 6.45) is 3.24. The first-order valence-corrected chi connectivity index (χ1v) is 9.39. The van der Waals surface area contributed by atoms with E-state index in [-0.39, 0.29) is 30.5 Å². The predicted molar refractivity (Wildman–Crippen MR) is 108 cm³/mol. The van der Waals surface area contributed by atoms with Gasteiger partial charge < -0.3 is 9.84 Å². The van der Waals surface area contributed by atoms with Gasteiger partial charge in [-0.05, 0) is 30.7 Å². The number of para-hydroxylation sites is 1. The lowest BCUT2D eigenvalue weighted by Crippen LogP contribution is -2.41. The zero-order valence-corrected chi connectivity index (χ0v) is 16.4. The molecule has 0 aliphatic heterocycles. The van der Waals surface area contributed by atoms with Gasteiger partial charge in [-0.1, -0.05) is 29.4 Å². The number of benzene rings is 1. The Morgan fingerprint density at radius 2 is 1.94 bits per heavy atom. The first-order chi connectivity index (χ1) is 15.1. The van der Waals surface area contributed by atoms with E-state index >= 15 is 0 Å². The molecule has 1 N–H and O–H groups in total. The second-order valence-corrected chi connectivity index (χ2v) is 6.40. The number of carbonyl (C=O) groups is 1. The number of pyridine rings is 1. The number of hydrogen-bond acceptors (Lipinski definition) is 8. The highest BCUT2D eigenvalue weighted by molar-refractivity contribution is 5.89. The van der Waals surface area contributed by atoms with Crippen molar-refractivity contribution in [1.29, 1.82) is 0 Å². The molecule has 0 unspecified atom stereocenters. The van der Waals surface area contributed by atoms with E-state index in [2.05, 4.69) is 25.5 Å². The van der Waals surface area contributed by atoms with Gasteiger partial charge in [-0.25, -0.2) is 4.79 Å². The Bertz CT molecular complexity index is 1330. The van der Waals surface area contributed by atoms with E-state index in [0.717, 1.165) is 14.8 Å². The zero-order valence-electron chi connectivity index (χ0n) is 16.4. The number of carbonyl (C=O) groups excluding carboxylic acids is 1. The van der Waals surface area contributed by atoms with Crippen LogP contribution >= 0.6 is 0 Å². The fourth-order valence-electron chi connectivity index (χ4n) is 2.84. The maximum atomic E-state index is 12.8. The van der Waals surface area contributed by atoms with Crippen LogP contribution in [0.25, 0.3) is 17.2 Å². The Morgan fingerprint density at radius 3 is 2.65 bits per heavy atom. The van der Waals surface area contributed by atoms with Gasteiger partial charge in [-0.2, -0.15) is 14.8 Å². The fourth-order valence-corrected chi connectivity index (χ4v) is 2.84. The van der Waals surface area contributed by atoms with Crippen LogP contribution in [0.5, 0.6) is 0 Å². The van der Waals surface area contributed by atoms with E-state index < -0.39 is 17.2 Å². The van der Waals surface area contributed by atoms with Crippen molar-refractivity contribution < 1.29 is 9.32 Å². The average Bonchev–Trinajstić information content (AvgIpc) is 3.29. The Labute approximate surface area is 175 Å². The number of aromatic nitrogens is 6. The van der Waals surface area contributed by atoms with Crippen LogP contribution in [-0.2, 0) is 13.1 Å². The number of nitrogens with one attached hydrogen (secondary N) is 1. The molecular formula is C20H17N7O4. The SMILES string of the molecule is CCn1c(=O)c(-c2noc(C(=O)NCc3cccnc3)n2)nn(-c2ccccc2)c1=O. The molecule has 0 fully saturated rings. The molecular weight excluding hydrogens is 402 g/mol. The molecule has 156 valence electrons. The summed E-state index contributed by atoms with van der Waals surface area (Å²) < 4.78 is 7.10. The molecule has 0 bridgehead atoms. The molecule has 11 nitrogen and oxygen atoms in total. The van der Waals surface area contributed by atoms with Gasteiger partial charge in [0.25, 0.3) is 5.56 Å². The van der Waals surface area contributed by atoms with Crippen molar-refractivity contribution >= 4 is 5.91 Å². The molecule has 1 amide bonds. The van der Waals surface area contributed by atoms with Gasteiger partial charge >= 0.3 is 17.5 Å². The van der Waals surface area contributed by atoms with Crippen molar-refractivity contribution in [3.63, 3.8) is 0 Å². The summed E-state index contributed by atoms with van der Waals surface area (Å²) in [7, 11) is 0. The highest BCUT2D eigenvalue weighted by Crippen LogP contribution is 2.10. The third-order valence-corrected chi connectivity index (χ3v) is 4.38. The first kappa shape index (κ1) is 19.9. The lowest BCUT2D eigenvalue weighted by Gasteiger charge is -2.09. The van der Waals surface area contributed by atoms with E-state index in [9.17, 15) is 14.4 Å². The van der Waals surface area contributed by atoms with E-state index in [4.69, 9.17) is 4.52 Å². The standard InChI is InChI=1S/C20H17N7O4/c1-2-26-19(29)15(24-27(20(26)30)14-8-4-3-5-9-14)16-23-18(31-25-16)17(28)22-12-13-7-6-10-21-11-13/h3-11H,2,12H2,1H3,(H,22,28). The summed E-state index contributed by atoms with van der Waals surface area (Å²) in [5.74, 6) is -1.14. The van der Waals surface area contributed by atoms with Crippen molar-refractivity contribution in [2.24, 2.45) is 0 Å². The van der Waals surface area contributed by atoms with Gasteiger partial charge in [0.1, 0.15) is 0 Å². The maximum Gasteiger partial charge on any atom is 0.352 e. The molecule has 4 aromatic rings. The van der Waals surface area contributed by atoms with Crippen LogP contribution in [0.4, 0.5) is 0 Å². The smallest absolute Gasteiger partial charge is 0.344 e. The van der Waals surface area contributed by atoms with Gasteiger partial charge in [-0.3, -0.25) is 19.1 Å². The summed E-state index contributed by atoms with van der Waals surface area (Å²) in [4.78, 5) is 45.7. The Kier molecular flexibility index (Phi) is 5.47. The van der Waals surface area contributed by atoms with Crippen LogP contribution in [0.3, 0.4) is 0 Å². The molecule has 0 aliphatic rings. The highest BCUT2D eigenvalue weighted by Gasteiger charge is 2.22. The lowest BCUT2D eigenvalue weighted by atomic mass is 10.3. The Balaban J connectivity index is 1.67. The minimum absolute atomic E-state index is 0.121. The second kappa shape index (κ2) is 8.53. The molecule has 1 aromatic carbocycles. The Hall–Kier alpha value is -4.41. The van der Waals surface area contributed by atoms with Gasteiger partial charge in [-0.15, -0.1) is 0 Å². The van der Waals surface area contributed by atoms with E-state index in [1.54, 1.807) is 61.8 Å². The summed E-state index contributed by atoms with van der Waals surface area (Å²) in [5, 5.41) is 10.5. The quantitative estimate of drug-likeness (QED) is 0.484. The molecule has 3 aromatic heterocycles. The molecule has 0 spiro atoms. The van der Waals surface area contributed by atoms with Gasteiger partial charge in [0.2, 0.25) is 5.82 Å². The minimum atomic E-state index is -0.678. The Morgan fingerprint density at radius 1 is 1.13 bits per heavy atom. The van der Waals surface area contributed by atoms with Crippen LogP contribution < -0.4 is 16.6 Å². The van der Waals surface area contributed by atoms with Crippen LogP contribution in [0.2, 0.25) is 0 Å². The normalized spacial score (nSPS) is 10.7. The highest BCUT2D eigenvalue weighted by atomic mass is 16.5. The van der Waals surface area contributed by atoms with Crippen molar-refractivity contribution in [3.8, 4) is 17.2 Å². The van der Waals surface area contributed by atoms with Gasteiger partial charge in [0.15, 0.2) is 5.69 Å². The van der Waals surface area contributed by atoms with E-state index in [1.165, 1.54) is 0 Å². The zero-order chi connectivity index (χ0) is 21.8. The summed E-state index contributed by atoms with van der Waals surface area (Å²) in [6.45, 7) is 2.00. The van der Waals surface area contributed by atoms with Gasteiger partial charge in [0.05, 0.1) is 5.69 Å². The monoisotopic (exact) mass is 419 g/mol. The van der Waals surface area contributed by atoms with Crippen LogP contribution in [-0.4, -0.2) is 35.4 Å². The number of hydrogen-bond donors (Lipinski definition) is 1. The van der Waals surface area contributed by atoms with E-state index in [1.807, 2.05) is 0 Å². The molecule has 0 atom stereocenters. The average molecular weight is 419 g/mol. The van der Waals surface area contributed by atoms with Crippen molar-refractivity contribution in [2.75, 3.05) is 0 Å². The molecule has 31 heavy (non-hydrogen) atoms. The fraction of sp³-hybridized carbons (Fsp3) is 0.150. The summed E-state index contributed by atoms with van der Waals surface area (Å²) >= 11 is 0. The third kappa shape index (κ3) is 4.01. The molecule has 0 radical (unpaired) electrons. The molecule has 0 aliphatic carbocycles. The minimum Gasteiger partial charge on any atom is -0.344 e. The summed E-state index contributed by atoms with van der Waals surface area (Å²) in [6, 6.07) is 12.2. The van der Waals surface area contributed by atoms with Crippen molar-refractivity contribution in [2.45, 2.75) is 20.0 Å². The van der Waals surface area contributed by atoms with Gasteiger partial charge in [0, 0.05) is 25.5 Å². The molecule has 11 heteroatoms. The third-order valence-electron chi connectivity index (χ3n) is 4.38. The molecule has 4 rings (SSSR count). The maximum absolute atomic E-state index is 12.8. The predicted octanol–water partition coefficient (Wildman–Crippen LogP) is 0.789. The van der Waals surface area contributed by atoms with Crippen LogP contribution in [0.15, 0.2) is 69.0 Å². The van der Waals surface area contributed by atoms with Crippen LogP contribution in [0.1, 0.15) is 23.2 Å². The number of amides is 1. The van der Waals surface area contributed by atoms with E-state index in [0.29, 0.717) is 5.69 Å².